The molecule has 1 fully saturated rings. The number of benzene rings is 1. The van der Waals surface area contributed by atoms with Crippen molar-refractivity contribution in [1.29, 1.82) is 0 Å². The molecular weight excluding hydrogens is 527 g/mol. The summed E-state index contributed by atoms with van der Waals surface area (Å²) in [5.74, 6) is -0.758. The fourth-order valence-corrected chi connectivity index (χ4v) is 6.99. The Morgan fingerprint density at radius 3 is 2.60 bits per heavy atom. The molecule has 0 unspecified atom stereocenters. The summed E-state index contributed by atoms with van der Waals surface area (Å²) in [6, 6.07) is 10.7. The highest BCUT2D eigenvalue weighted by Crippen LogP contribution is 2.32. The first-order valence-corrected chi connectivity index (χ1v) is 13.0. The van der Waals surface area contributed by atoms with Crippen molar-refractivity contribution in [3.8, 4) is 17.0 Å². The lowest BCUT2D eigenvalue weighted by atomic mass is 10.1. The average molecular weight is 546 g/mol. The van der Waals surface area contributed by atoms with Crippen molar-refractivity contribution in [2.45, 2.75) is 36.0 Å². The Labute approximate surface area is 208 Å². The van der Waals surface area contributed by atoms with Crippen molar-refractivity contribution in [1.82, 2.24) is 14.6 Å². The van der Waals surface area contributed by atoms with Crippen molar-refractivity contribution < 1.29 is 31.1 Å². The van der Waals surface area contributed by atoms with Crippen LogP contribution in [0.25, 0.3) is 11.3 Å². The molecule has 3 heterocycles. The zero-order chi connectivity index (χ0) is 25.2. The number of thiophene rings is 1. The SMILES string of the molecule is O=C(NCc1ccnc(-c2ccc(OC(F)(F)F)cc2)c1)[C@@H]1CCCN1S(=O)(=O)c1ccc(Cl)s1. The van der Waals surface area contributed by atoms with Crippen LogP contribution in [0, 0.1) is 0 Å². The van der Waals surface area contributed by atoms with E-state index < -0.39 is 28.3 Å². The molecule has 2 aromatic heterocycles. The summed E-state index contributed by atoms with van der Waals surface area (Å²) in [6.07, 6.45) is -2.30. The minimum Gasteiger partial charge on any atom is -0.406 e. The van der Waals surface area contributed by atoms with E-state index in [0.717, 1.165) is 11.3 Å². The van der Waals surface area contributed by atoms with E-state index in [-0.39, 0.29) is 23.0 Å². The van der Waals surface area contributed by atoms with Crippen molar-refractivity contribution >= 4 is 38.9 Å². The lowest BCUT2D eigenvalue weighted by Crippen LogP contribution is -2.45. The second-order valence-electron chi connectivity index (χ2n) is 7.67. The smallest absolute Gasteiger partial charge is 0.406 e. The molecule has 0 spiro atoms. The van der Waals surface area contributed by atoms with Crippen LogP contribution in [-0.4, -0.2) is 42.6 Å². The number of alkyl halides is 3. The van der Waals surface area contributed by atoms with Crippen LogP contribution in [-0.2, 0) is 21.4 Å². The van der Waals surface area contributed by atoms with Gasteiger partial charge in [-0.15, -0.1) is 24.5 Å². The molecule has 13 heteroatoms. The number of carbonyl (C=O) groups excluding carboxylic acids is 1. The van der Waals surface area contributed by atoms with Gasteiger partial charge in [-0.1, -0.05) is 11.6 Å². The van der Waals surface area contributed by atoms with Crippen molar-refractivity contribution in [3.05, 3.63) is 64.6 Å². The van der Waals surface area contributed by atoms with Crippen LogP contribution in [0.5, 0.6) is 5.75 Å². The monoisotopic (exact) mass is 545 g/mol. The minimum absolute atomic E-state index is 0.0904. The van der Waals surface area contributed by atoms with Gasteiger partial charge in [-0.25, -0.2) is 8.42 Å². The minimum atomic E-state index is -4.77. The standard InChI is InChI=1S/C22H19ClF3N3O4S2/c23-19-7-8-20(34-19)35(31,32)29-11-1-2-18(29)21(30)28-13-14-9-10-27-17(12-14)15-3-5-16(6-4-15)33-22(24,25)26/h3-10,12,18H,1-2,11,13H2,(H,28,30)/t18-/m0/s1. The van der Waals surface area contributed by atoms with Crippen molar-refractivity contribution in [3.63, 3.8) is 0 Å². The summed E-state index contributed by atoms with van der Waals surface area (Å²) >= 11 is 6.82. The van der Waals surface area contributed by atoms with Crippen LogP contribution < -0.4 is 10.1 Å². The molecule has 0 saturated carbocycles. The first-order valence-electron chi connectivity index (χ1n) is 10.4. The van der Waals surface area contributed by atoms with Gasteiger partial charge in [-0.05, 0) is 66.9 Å². The number of carbonyl (C=O) groups is 1. The molecule has 0 aliphatic carbocycles. The van der Waals surface area contributed by atoms with Crippen LogP contribution in [0.15, 0.2) is 58.9 Å². The Morgan fingerprint density at radius 2 is 1.94 bits per heavy atom. The van der Waals surface area contributed by atoms with Gasteiger partial charge in [0.1, 0.15) is 16.0 Å². The summed E-state index contributed by atoms with van der Waals surface area (Å²) in [7, 11) is -3.84. The topological polar surface area (TPSA) is 88.6 Å². The second-order valence-corrected chi connectivity index (χ2v) is 11.5. The Balaban J connectivity index is 1.42. The van der Waals surface area contributed by atoms with E-state index >= 15 is 0 Å². The number of sulfonamides is 1. The third-order valence-corrected chi connectivity index (χ3v) is 8.90. The zero-order valence-corrected chi connectivity index (χ0v) is 20.3. The predicted octanol–water partition coefficient (Wildman–Crippen LogP) is 4.83. The van der Waals surface area contributed by atoms with Gasteiger partial charge >= 0.3 is 6.36 Å². The third-order valence-electron chi connectivity index (χ3n) is 5.29. The number of nitrogens with zero attached hydrogens (tertiary/aromatic N) is 2. The molecule has 1 aliphatic rings. The lowest BCUT2D eigenvalue weighted by Gasteiger charge is -2.22. The van der Waals surface area contributed by atoms with Crippen molar-refractivity contribution in [2.75, 3.05) is 6.54 Å². The number of aromatic nitrogens is 1. The molecular formula is C22H19ClF3N3O4S2. The summed E-state index contributed by atoms with van der Waals surface area (Å²) in [5, 5.41) is 2.77. The average Bonchev–Trinajstić information content (AvgIpc) is 3.47. The molecule has 1 aromatic carbocycles. The highest BCUT2D eigenvalue weighted by molar-refractivity contribution is 7.91. The summed E-state index contributed by atoms with van der Waals surface area (Å²) in [6.45, 7) is 0.363. The molecule has 4 rings (SSSR count). The van der Waals surface area contributed by atoms with Gasteiger partial charge in [0.15, 0.2) is 0 Å². The first kappa shape index (κ1) is 25.4. The zero-order valence-electron chi connectivity index (χ0n) is 18.0. The summed E-state index contributed by atoms with van der Waals surface area (Å²) in [4.78, 5) is 17.1. The molecule has 7 nitrogen and oxygen atoms in total. The van der Waals surface area contributed by atoms with Gasteiger partial charge in [0.05, 0.1) is 10.0 Å². The third kappa shape index (κ3) is 6.13. The van der Waals surface area contributed by atoms with E-state index in [1.165, 1.54) is 46.9 Å². The van der Waals surface area contributed by atoms with E-state index in [9.17, 15) is 26.4 Å². The van der Waals surface area contributed by atoms with Crippen LogP contribution in [0.3, 0.4) is 0 Å². The van der Waals surface area contributed by atoms with E-state index in [2.05, 4.69) is 15.0 Å². The van der Waals surface area contributed by atoms with Crippen molar-refractivity contribution in [2.24, 2.45) is 0 Å². The van der Waals surface area contributed by atoms with Gasteiger partial charge in [0.25, 0.3) is 10.0 Å². The van der Waals surface area contributed by atoms with Gasteiger partial charge < -0.3 is 10.1 Å². The number of hydrogen-bond donors (Lipinski definition) is 1. The molecule has 35 heavy (non-hydrogen) atoms. The maximum atomic E-state index is 13.0. The van der Waals surface area contributed by atoms with Crippen LogP contribution in [0.1, 0.15) is 18.4 Å². The normalized spacial score (nSPS) is 16.9. The summed E-state index contributed by atoms with van der Waals surface area (Å²) in [5.41, 5.74) is 1.75. The van der Waals surface area contributed by atoms with Gasteiger partial charge in [0, 0.05) is 24.8 Å². The Kier molecular flexibility index (Phi) is 7.36. The quantitative estimate of drug-likeness (QED) is 0.459. The van der Waals surface area contributed by atoms with Crippen LogP contribution in [0.2, 0.25) is 4.34 Å². The highest BCUT2D eigenvalue weighted by Gasteiger charge is 2.40. The lowest BCUT2D eigenvalue weighted by molar-refractivity contribution is -0.274. The van der Waals surface area contributed by atoms with E-state index in [0.29, 0.717) is 34.0 Å². The van der Waals surface area contributed by atoms with Gasteiger partial charge in [0.2, 0.25) is 5.91 Å². The molecule has 186 valence electrons. The van der Waals surface area contributed by atoms with E-state index in [1.807, 2.05) is 0 Å². The van der Waals surface area contributed by atoms with E-state index in [1.54, 1.807) is 12.1 Å². The number of hydrogen-bond acceptors (Lipinski definition) is 6. The fraction of sp³-hybridized carbons (Fsp3) is 0.273. The molecule has 0 radical (unpaired) electrons. The van der Waals surface area contributed by atoms with Crippen LogP contribution >= 0.6 is 22.9 Å². The molecule has 0 bridgehead atoms. The van der Waals surface area contributed by atoms with Gasteiger partial charge in [-0.2, -0.15) is 4.31 Å². The summed E-state index contributed by atoms with van der Waals surface area (Å²) < 4.78 is 68.5. The Bertz CT molecular complexity index is 1310. The largest absolute Gasteiger partial charge is 0.573 e. The molecule has 1 N–H and O–H groups in total. The molecule has 1 amide bonds. The number of ether oxygens (including phenoxy) is 1. The maximum absolute atomic E-state index is 13.0. The van der Waals surface area contributed by atoms with E-state index in [4.69, 9.17) is 11.6 Å². The molecule has 3 aromatic rings. The number of amides is 1. The number of rotatable bonds is 7. The Morgan fingerprint density at radius 1 is 1.20 bits per heavy atom. The van der Waals surface area contributed by atoms with Gasteiger partial charge in [-0.3, -0.25) is 9.78 Å². The number of pyridine rings is 1. The van der Waals surface area contributed by atoms with Crippen LogP contribution in [0.4, 0.5) is 13.2 Å². The molecule has 1 aliphatic heterocycles. The highest BCUT2D eigenvalue weighted by atomic mass is 35.5. The molecule has 1 atom stereocenters. The number of halogens is 4. The maximum Gasteiger partial charge on any atom is 0.573 e. The molecule has 1 saturated heterocycles. The predicted molar refractivity (Wildman–Crippen MR) is 124 cm³/mol. The number of nitrogens with one attached hydrogen (secondary N) is 1. The first-order chi connectivity index (χ1) is 16.5. The fourth-order valence-electron chi connectivity index (χ4n) is 3.72. The second kappa shape index (κ2) is 10.1. The Hall–Kier alpha value is -2.67.